The summed E-state index contributed by atoms with van der Waals surface area (Å²) in [4.78, 5) is 11.4. The molecule has 2 rings (SSSR count). The maximum atomic E-state index is 4.77. The van der Waals surface area contributed by atoms with Gasteiger partial charge >= 0.3 is 0 Å². The first-order valence-electron chi connectivity index (χ1n) is 8.61. The van der Waals surface area contributed by atoms with Gasteiger partial charge in [0.2, 0.25) is 0 Å². The number of aromatic nitrogens is 3. The molecule has 0 spiro atoms. The minimum Gasteiger partial charge on any atom is -0.357 e. The van der Waals surface area contributed by atoms with Gasteiger partial charge in [0.15, 0.2) is 5.96 Å². The van der Waals surface area contributed by atoms with Gasteiger partial charge in [0.1, 0.15) is 12.4 Å². The van der Waals surface area contributed by atoms with Crippen molar-refractivity contribution in [3.8, 4) is 0 Å². The maximum absolute atomic E-state index is 4.77. The smallest absolute Gasteiger partial charge is 0.194 e. The van der Waals surface area contributed by atoms with E-state index in [1.165, 1.54) is 5.69 Å². The van der Waals surface area contributed by atoms with Gasteiger partial charge < -0.3 is 19.4 Å². The summed E-state index contributed by atoms with van der Waals surface area (Å²) in [6, 6.07) is 4.20. The summed E-state index contributed by atoms with van der Waals surface area (Å²) in [5.74, 6) is 2.50. The molecule has 2 heterocycles. The average Bonchev–Trinajstić information content (AvgIpc) is 3.12. The molecule has 1 N–H and O–H groups in total. The van der Waals surface area contributed by atoms with Crippen molar-refractivity contribution in [2.45, 2.75) is 40.4 Å². The number of nitrogens with zero attached hydrogens (tertiary/aromatic N) is 5. The van der Waals surface area contributed by atoms with Crippen LogP contribution >= 0.6 is 0 Å². The van der Waals surface area contributed by atoms with Crippen molar-refractivity contribution >= 4 is 5.96 Å². The molecule has 0 aromatic carbocycles. The fraction of sp³-hybridized carbons (Fsp3) is 0.556. The molecule has 6 nitrogen and oxygen atoms in total. The number of rotatable bonds is 7. The lowest BCUT2D eigenvalue weighted by Gasteiger charge is -2.22. The Hall–Kier alpha value is -2.24. The van der Waals surface area contributed by atoms with E-state index in [0.717, 1.165) is 31.4 Å². The van der Waals surface area contributed by atoms with E-state index in [0.29, 0.717) is 12.5 Å². The molecule has 0 radical (unpaired) electrons. The molecule has 0 saturated carbocycles. The fourth-order valence-electron chi connectivity index (χ4n) is 2.65. The first kappa shape index (κ1) is 18.1. The lowest BCUT2D eigenvalue weighted by atomic mass is 10.2. The Morgan fingerprint density at radius 3 is 2.79 bits per heavy atom. The van der Waals surface area contributed by atoms with Gasteiger partial charge in [0.05, 0.1) is 6.54 Å². The second-order valence-electron chi connectivity index (χ2n) is 6.53. The summed E-state index contributed by atoms with van der Waals surface area (Å²) < 4.78 is 4.32. The van der Waals surface area contributed by atoms with Gasteiger partial charge in [-0.3, -0.25) is 0 Å². The van der Waals surface area contributed by atoms with Crippen LogP contribution < -0.4 is 5.32 Å². The van der Waals surface area contributed by atoms with Crippen molar-refractivity contribution in [3.63, 3.8) is 0 Å². The molecule has 0 fully saturated rings. The zero-order chi connectivity index (χ0) is 17.5. The van der Waals surface area contributed by atoms with Crippen LogP contribution in [0.4, 0.5) is 0 Å². The van der Waals surface area contributed by atoms with Crippen molar-refractivity contribution in [2.75, 3.05) is 13.6 Å². The summed E-state index contributed by atoms with van der Waals surface area (Å²) in [6.45, 7) is 9.73. The zero-order valence-electron chi connectivity index (χ0n) is 15.5. The van der Waals surface area contributed by atoms with E-state index in [2.05, 4.69) is 77.5 Å². The van der Waals surface area contributed by atoms with E-state index in [9.17, 15) is 0 Å². The number of aryl methyl sites for hydroxylation is 1. The standard InChI is InChI=1S/C18H30N6/c1-6-19-18(23(5)14-16-8-7-10-22(16)4)21-12-17-20-9-11-24(17)13-15(2)3/h7-11,15H,6,12-14H2,1-5H3,(H,19,21). The Labute approximate surface area is 145 Å². The highest BCUT2D eigenvalue weighted by Gasteiger charge is 2.10. The van der Waals surface area contributed by atoms with Crippen molar-refractivity contribution < 1.29 is 0 Å². The van der Waals surface area contributed by atoms with Crippen LogP contribution in [0.3, 0.4) is 0 Å². The molecule has 0 aliphatic heterocycles. The summed E-state index contributed by atoms with van der Waals surface area (Å²) in [7, 11) is 4.13. The highest BCUT2D eigenvalue weighted by Crippen LogP contribution is 2.07. The minimum atomic E-state index is 0.583. The van der Waals surface area contributed by atoms with Crippen LogP contribution in [-0.4, -0.2) is 38.6 Å². The summed E-state index contributed by atoms with van der Waals surface area (Å²) in [5.41, 5.74) is 1.25. The molecule has 0 aliphatic carbocycles. The molecule has 0 saturated heterocycles. The van der Waals surface area contributed by atoms with Crippen LogP contribution in [0.15, 0.2) is 35.7 Å². The van der Waals surface area contributed by atoms with Gasteiger partial charge in [-0.2, -0.15) is 0 Å². The van der Waals surface area contributed by atoms with Gasteiger partial charge in [-0.1, -0.05) is 13.8 Å². The molecule has 0 atom stereocenters. The summed E-state index contributed by atoms with van der Waals surface area (Å²) in [5, 5.41) is 3.37. The fourth-order valence-corrected chi connectivity index (χ4v) is 2.65. The largest absolute Gasteiger partial charge is 0.357 e. The average molecular weight is 330 g/mol. The van der Waals surface area contributed by atoms with Crippen LogP contribution in [0.25, 0.3) is 0 Å². The molecule has 132 valence electrons. The molecular formula is C18H30N6. The number of imidazole rings is 1. The van der Waals surface area contributed by atoms with Gasteiger partial charge in [0.25, 0.3) is 0 Å². The Morgan fingerprint density at radius 2 is 2.17 bits per heavy atom. The van der Waals surface area contributed by atoms with E-state index in [1.807, 2.05) is 12.4 Å². The molecule has 24 heavy (non-hydrogen) atoms. The topological polar surface area (TPSA) is 50.4 Å². The van der Waals surface area contributed by atoms with Gasteiger partial charge in [0, 0.05) is 51.5 Å². The second kappa shape index (κ2) is 8.57. The minimum absolute atomic E-state index is 0.583. The van der Waals surface area contributed by atoms with E-state index >= 15 is 0 Å². The monoisotopic (exact) mass is 330 g/mol. The quantitative estimate of drug-likeness (QED) is 0.627. The lowest BCUT2D eigenvalue weighted by Crippen LogP contribution is -2.38. The van der Waals surface area contributed by atoms with Gasteiger partial charge in [-0.15, -0.1) is 0 Å². The predicted molar refractivity (Wildman–Crippen MR) is 98.8 cm³/mol. The van der Waals surface area contributed by atoms with Crippen LogP contribution in [-0.2, 0) is 26.7 Å². The normalized spacial score (nSPS) is 12.0. The highest BCUT2D eigenvalue weighted by molar-refractivity contribution is 5.79. The first-order chi connectivity index (χ1) is 11.5. The van der Waals surface area contributed by atoms with E-state index in [4.69, 9.17) is 4.99 Å². The Kier molecular flexibility index (Phi) is 6.46. The van der Waals surface area contributed by atoms with Crippen LogP contribution in [0.5, 0.6) is 0 Å². The lowest BCUT2D eigenvalue weighted by molar-refractivity contribution is 0.460. The Balaban J connectivity index is 2.07. The second-order valence-corrected chi connectivity index (χ2v) is 6.53. The van der Waals surface area contributed by atoms with Crippen molar-refractivity contribution in [1.82, 2.24) is 24.3 Å². The highest BCUT2D eigenvalue weighted by atomic mass is 15.3. The number of guanidine groups is 1. The van der Waals surface area contributed by atoms with E-state index in [1.54, 1.807) is 0 Å². The van der Waals surface area contributed by atoms with Crippen LogP contribution in [0, 0.1) is 5.92 Å². The third-order valence-electron chi connectivity index (χ3n) is 3.88. The number of hydrogen-bond donors (Lipinski definition) is 1. The molecule has 2 aromatic rings. The van der Waals surface area contributed by atoms with Crippen molar-refractivity contribution in [3.05, 3.63) is 42.2 Å². The van der Waals surface area contributed by atoms with Crippen molar-refractivity contribution in [2.24, 2.45) is 18.0 Å². The summed E-state index contributed by atoms with van der Waals surface area (Å²) >= 11 is 0. The van der Waals surface area contributed by atoms with Gasteiger partial charge in [-0.05, 0) is 25.0 Å². The molecule has 0 unspecified atom stereocenters. The van der Waals surface area contributed by atoms with Crippen LogP contribution in [0.1, 0.15) is 32.3 Å². The predicted octanol–water partition coefficient (Wildman–Crippen LogP) is 2.48. The maximum Gasteiger partial charge on any atom is 0.194 e. The SMILES string of the molecule is CCNC(=NCc1nccn1CC(C)C)N(C)Cc1cccn1C. The third kappa shape index (κ3) is 4.88. The summed E-state index contributed by atoms with van der Waals surface area (Å²) in [6.07, 6.45) is 5.95. The molecule has 0 aliphatic rings. The molecular weight excluding hydrogens is 300 g/mol. The van der Waals surface area contributed by atoms with Crippen LogP contribution in [0.2, 0.25) is 0 Å². The third-order valence-corrected chi connectivity index (χ3v) is 3.88. The molecule has 2 aromatic heterocycles. The van der Waals surface area contributed by atoms with Crippen molar-refractivity contribution in [1.29, 1.82) is 0 Å². The number of nitrogens with one attached hydrogen (secondary N) is 1. The number of aliphatic imine (C=N–C) groups is 1. The zero-order valence-corrected chi connectivity index (χ0v) is 15.5. The molecule has 0 amide bonds. The molecule has 0 bridgehead atoms. The molecule has 6 heteroatoms. The number of hydrogen-bond acceptors (Lipinski definition) is 2. The van der Waals surface area contributed by atoms with Gasteiger partial charge in [-0.25, -0.2) is 9.98 Å². The Bertz CT molecular complexity index is 652. The Morgan fingerprint density at radius 1 is 1.38 bits per heavy atom. The first-order valence-corrected chi connectivity index (χ1v) is 8.61. The van der Waals surface area contributed by atoms with E-state index in [-0.39, 0.29) is 0 Å². The van der Waals surface area contributed by atoms with E-state index < -0.39 is 0 Å².